The van der Waals surface area contributed by atoms with Crippen LogP contribution in [-0.4, -0.2) is 16.7 Å². The van der Waals surface area contributed by atoms with E-state index < -0.39 is 5.60 Å². The van der Waals surface area contributed by atoms with Gasteiger partial charge in [-0.15, -0.1) is 12.4 Å². The number of hydrogen-bond acceptors (Lipinski definition) is 2. The number of nitrogens with two attached hydrogens (primary N) is 1. The van der Waals surface area contributed by atoms with Gasteiger partial charge in [0.2, 0.25) is 0 Å². The summed E-state index contributed by atoms with van der Waals surface area (Å²) in [7, 11) is 0. The van der Waals surface area contributed by atoms with Crippen LogP contribution in [0.5, 0.6) is 0 Å². The molecule has 0 aromatic heterocycles. The molecule has 1 aliphatic rings. The number of aliphatic hydroxyl groups is 1. The highest BCUT2D eigenvalue weighted by molar-refractivity contribution is 5.85. The molecular formula is C9H20ClNO. The Labute approximate surface area is 80.9 Å². The summed E-state index contributed by atoms with van der Waals surface area (Å²) in [6.45, 7) is 3.79. The van der Waals surface area contributed by atoms with E-state index in [1.54, 1.807) is 0 Å². The molecule has 0 unspecified atom stereocenters. The Kier molecular flexibility index (Phi) is 4.53. The maximum Gasteiger partial charge on any atom is 0.0619 e. The van der Waals surface area contributed by atoms with Crippen LogP contribution >= 0.6 is 12.4 Å². The Hall–Kier alpha value is 0.210. The molecule has 1 aliphatic carbocycles. The Morgan fingerprint density at radius 1 is 1.17 bits per heavy atom. The maximum atomic E-state index is 9.69. The average Bonchev–Trinajstić information content (AvgIpc) is 1.86. The van der Waals surface area contributed by atoms with Gasteiger partial charge in [-0.2, -0.15) is 0 Å². The molecule has 0 heterocycles. The van der Waals surface area contributed by atoms with Crippen molar-refractivity contribution in [3.8, 4) is 0 Å². The van der Waals surface area contributed by atoms with Crippen molar-refractivity contribution < 1.29 is 5.11 Å². The minimum absolute atomic E-state index is 0. The van der Waals surface area contributed by atoms with Gasteiger partial charge in [0, 0.05) is 6.04 Å². The highest BCUT2D eigenvalue weighted by Crippen LogP contribution is 2.31. The van der Waals surface area contributed by atoms with Gasteiger partial charge in [0.25, 0.3) is 0 Å². The third-order valence-electron chi connectivity index (χ3n) is 2.77. The highest BCUT2D eigenvalue weighted by Gasteiger charge is 2.29. The predicted molar refractivity (Wildman–Crippen MR) is 53.5 cm³/mol. The topological polar surface area (TPSA) is 46.2 Å². The molecule has 0 amide bonds. The zero-order valence-corrected chi connectivity index (χ0v) is 8.73. The molecule has 2 nitrogen and oxygen atoms in total. The van der Waals surface area contributed by atoms with Crippen molar-refractivity contribution in [1.29, 1.82) is 0 Å². The van der Waals surface area contributed by atoms with Gasteiger partial charge in [-0.25, -0.2) is 0 Å². The third-order valence-corrected chi connectivity index (χ3v) is 2.77. The van der Waals surface area contributed by atoms with Crippen molar-refractivity contribution in [2.75, 3.05) is 0 Å². The first kappa shape index (κ1) is 12.2. The van der Waals surface area contributed by atoms with E-state index >= 15 is 0 Å². The van der Waals surface area contributed by atoms with E-state index in [1.807, 2.05) is 13.8 Å². The second kappa shape index (κ2) is 4.45. The van der Waals surface area contributed by atoms with Crippen molar-refractivity contribution in [1.82, 2.24) is 0 Å². The van der Waals surface area contributed by atoms with Gasteiger partial charge in [0.15, 0.2) is 0 Å². The van der Waals surface area contributed by atoms with E-state index in [1.165, 1.54) is 0 Å². The van der Waals surface area contributed by atoms with Crippen molar-refractivity contribution in [2.24, 2.45) is 11.7 Å². The van der Waals surface area contributed by atoms with Gasteiger partial charge in [0.05, 0.1) is 5.60 Å². The summed E-state index contributed by atoms with van der Waals surface area (Å²) < 4.78 is 0. The molecule has 0 saturated heterocycles. The first-order valence-electron chi connectivity index (χ1n) is 4.48. The molecule has 1 saturated carbocycles. The van der Waals surface area contributed by atoms with E-state index in [9.17, 15) is 5.11 Å². The summed E-state index contributed by atoms with van der Waals surface area (Å²) in [4.78, 5) is 0. The lowest BCUT2D eigenvalue weighted by molar-refractivity contribution is -0.00116. The van der Waals surface area contributed by atoms with Crippen LogP contribution in [0.25, 0.3) is 0 Å². The molecule has 74 valence electrons. The average molecular weight is 194 g/mol. The molecule has 0 bridgehead atoms. The Morgan fingerprint density at radius 3 is 1.92 bits per heavy atom. The van der Waals surface area contributed by atoms with Gasteiger partial charge in [-0.05, 0) is 45.4 Å². The smallest absolute Gasteiger partial charge is 0.0619 e. The standard InChI is InChI=1S/C9H19NO.ClH/c1-9(2,11)7-3-5-8(10)6-4-7;/h7-8,11H,3-6,10H2,1-2H3;1H/t7-,8-;. The zero-order valence-electron chi connectivity index (χ0n) is 7.92. The predicted octanol–water partition coefficient (Wildman–Crippen LogP) is 1.70. The minimum Gasteiger partial charge on any atom is -0.390 e. The lowest BCUT2D eigenvalue weighted by Crippen LogP contribution is -2.37. The highest BCUT2D eigenvalue weighted by atomic mass is 35.5. The maximum absolute atomic E-state index is 9.69. The minimum atomic E-state index is -0.500. The number of hydrogen-bond donors (Lipinski definition) is 2. The van der Waals surface area contributed by atoms with Crippen LogP contribution in [0.4, 0.5) is 0 Å². The fourth-order valence-corrected chi connectivity index (χ4v) is 1.83. The summed E-state index contributed by atoms with van der Waals surface area (Å²) in [5.41, 5.74) is 5.26. The Bertz CT molecular complexity index is 125. The van der Waals surface area contributed by atoms with Crippen molar-refractivity contribution in [3.63, 3.8) is 0 Å². The van der Waals surface area contributed by atoms with Crippen LogP contribution in [0.1, 0.15) is 39.5 Å². The molecule has 0 radical (unpaired) electrons. The van der Waals surface area contributed by atoms with Crippen LogP contribution in [-0.2, 0) is 0 Å². The van der Waals surface area contributed by atoms with E-state index in [0.717, 1.165) is 25.7 Å². The molecule has 1 rings (SSSR count). The molecule has 0 spiro atoms. The fourth-order valence-electron chi connectivity index (χ4n) is 1.83. The van der Waals surface area contributed by atoms with Crippen LogP contribution in [0.15, 0.2) is 0 Å². The van der Waals surface area contributed by atoms with E-state index in [-0.39, 0.29) is 12.4 Å². The van der Waals surface area contributed by atoms with Gasteiger partial charge in [-0.3, -0.25) is 0 Å². The molecule has 0 aromatic carbocycles. The van der Waals surface area contributed by atoms with Crippen LogP contribution < -0.4 is 5.73 Å². The van der Waals surface area contributed by atoms with Crippen LogP contribution in [0.3, 0.4) is 0 Å². The lowest BCUT2D eigenvalue weighted by Gasteiger charge is -2.34. The molecule has 3 N–H and O–H groups in total. The Morgan fingerprint density at radius 2 is 1.58 bits per heavy atom. The molecule has 0 aromatic rings. The lowest BCUT2D eigenvalue weighted by atomic mass is 9.77. The van der Waals surface area contributed by atoms with Crippen LogP contribution in [0.2, 0.25) is 0 Å². The van der Waals surface area contributed by atoms with Crippen LogP contribution in [0, 0.1) is 5.92 Å². The monoisotopic (exact) mass is 193 g/mol. The first-order valence-corrected chi connectivity index (χ1v) is 4.48. The summed E-state index contributed by atoms with van der Waals surface area (Å²) in [6.07, 6.45) is 4.33. The zero-order chi connectivity index (χ0) is 8.48. The molecule has 0 aliphatic heterocycles. The van der Waals surface area contributed by atoms with E-state index in [4.69, 9.17) is 5.73 Å². The summed E-state index contributed by atoms with van der Waals surface area (Å²) in [5.74, 6) is 0.460. The van der Waals surface area contributed by atoms with Crippen molar-refractivity contribution in [2.45, 2.75) is 51.2 Å². The quantitative estimate of drug-likeness (QED) is 0.666. The molecular weight excluding hydrogens is 174 g/mol. The van der Waals surface area contributed by atoms with Gasteiger partial charge < -0.3 is 10.8 Å². The van der Waals surface area contributed by atoms with Crippen molar-refractivity contribution >= 4 is 12.4 Å². The number of rotatable bonds is 1. The van der Waals surface area contributed by atoms with Gasteiger partial charge in [-0.1, -0.05) is 0 Å². The first-order chi connectivity index (χ1) is 5.00. The molecule has 3 heteroatoms. The second-order valence-corrected chi connectivity index (χ2v) is 4.27. The molecule has 1 fully saturated rings. The largest absolute Gasteiger partial charge is 0.390 e. The fraction of sp³-hybridized carbons (Fsp3) is 1.00. The second-order valence-electron chi connectivity index (χ2n) is 4.27. The number of halogens is 1. The summed E-state index contributed by atoms with van der Waals surface area (Å²) >= 11 is 0. The normalized spacial score (nSPS) is 31.0. The van der Waals surface area contributed by atoms with E-state index in [2.05, 4.69) is 0 Å². The summed E-state index contributed by atoms with van der Waals surface area (Å²) in [6, 6.07) is 0.383. The van der Waals surface area contributed by atoms with E-state index in [0.29, 0.717) is 12.0 Å². The van der Waals surface area contributed by atoms with Gasteiger partial charge in [0.1, 0.15) is 0 Å². The molecule has 12 heavy (non-hydrogen) atoms. The van der Waals surface area contributed by atoms with Gasteiger partial charge >= 0.3 is 0 Å². The molecule has 0 atom stereocenters. The van der Waals surface area contributed by atoms with Crippen molar-refractivity contribution in [3.05, 3.63) is 0 Å². The SMILES string of the molecule is CC(C)(O)[C@H]1CC[C@H](N)CC1.Cl. The summed E-state index contributed by atoms with van der Waals surface area (Å²) in [5, 5.41) is 9.69. The third kappa shape index (κ3) is 3.30. The Balaban J connectivity index is 0.00000121.